The van der Waals surface area contributed by atoms with Crippen LogP contribution in [0.2, 0.25) is 0 Å². The SMILES string of the molecule is CO[C@H]1C[C@H](O[C@H]2CC[C@@]3(C)[C@@H](CC[C@@]45O[C@@H](C)[C@@H]6CCC(=O)[C@]6(C)[C@@H](C[C@@H]43)O5)C2)O[C@H](C)[C@H]1O[C@H]1C[C@@H](OC)[C@H](O[C@H]2C[C@@H](OC)[C@H](O[C@H]3C[C@@H](OC)[C@H](O)[C@@H](C)O3)[C@@H](C)O2)[C@@H](C)O1. The van der Waals surface area contributed by atoms with E-state index in [4.69, 9.17) is 66.3 Å². The van der Waals surface area contributed by atoms with Crippen LogP contribution in [0.25, 0.3) is 0 Å². The van der Waals surface area contributed by atoms with Gasteiger partial charge >= 0.3 is 0 Å². The molecule has 0 aromatic carbocycles. The Morgan fingerprint density at radius 3 is 1.57 bits per heavy atom. The van der Waals surface area contributed by atoms with E-state index in [1.165, 1.54) is 0 Å². The highest BCUT2D eigenvalue weighted by atomic mass is 16.8. The molecule has 372 valence electrons. The van der Waals surface area contributed by atoms with Crippen molar-refractivity contribution >= 4 is 5.78 Å². The van der Waals surface area contributed by atoms with Crippen molar-refractivity contribution in [2.45, 2.75) is 248 Å². The molecule has 9 fully saturated rings. The van der Waals surface area contributed by atoms with Crippen molar-refractivity contribution in [1.29, 1.82) is 0 Å². The molecular weight excluding hydrogens is 845 g/mol. The molecular formula is C49H80O16. The van der Waals surface area contributed by atoms with Gasteiger partial charge in [0.2, 0.25) is 0 Å². The van der Waals surface area contributed by atoms with Crippen LogP contribution < -0.4 is 0 Å². The Bertz CT molecular complexity index is 1640. The minimum absolute atomic E-state index is 0.00770. The lowest BCUT2D eigenvalue weighted by Gasteiger charge is -2.57. The zero-order chi connectivity index (χ0) is 46.2. The molecule has 3 aliphatic carbocycles. The van der Waals surface area contributed by atoms with E-state index in [1.807, 2.05) is 27.7 Å². The van der Waals surface area contributed by atoms with Gasteiger partial charge < -0.3 is 71.4 Å². The maximum absolute atomic E-state index is 13.4. The van der Waals surface area contributed by atoms with Crippen LogP contribution in [0.5, 0.6) is 0 Å². The number of carbonyl (C=O) groups excluding carboxylic acids is 1. The van der Waals surface area contributed by atoms with E-state index in [0.29, 0.717) is 43.8 Å². The van der Waals surface area contributed by atoms with Gasteiger partial charge in [0.1, 0.15) is 30.2 Å². The number of rotatable bonds is 12. The quantitative estimate of drug-likeness (QED) is 0.241. The number of fused-ring (bicyclic) bond motifs is 5. The summed E-state index contributed by atoms with van der Waals surface area (Å²) >= 11 is 0. The molecule has 6 saturated heterocycles. The molecule has 9 aliphatic rings. The fourth-order valence-electron chi connectivity index (χ4n) is 14.3. The average molecular weight is 925 g/mol. The molecule has 6 aliphatic heterocycles. The predicted molar refractivity (Wildman–Crippen MR) is 231 cm³/mol. The molecule has 3 saturated carbocycles. The Morgan fingerprint density at radius 2 is 1.05 bits per heavy atom. The summed E-state index contributed by atoms with van der Waals surface area (Å²) in [4.78, 5) is 13.4. The number of ether oxygens (including phenoxy) is 14. The lowest BCUT2D eigenvalue weighted by molar-refractivity contribution is -0.347. The molecule has 65 heavy (non-hydrogen) atoms. The summed E-state index contributed by atoms with van der Waals surface area (Å²) < 4.78 is 89.5. The van der Waals surface area contributed by atoms with Crippen LogP contribution >= 0.6 is 0 Å². The van der Waals surface area contributed by atoms with Crippen LogP contribution in [0.1, 0.15) is 126 Å². The Kier molecular flexibility index (Phi) is 14.6. The lowest BCUT2D eigenvalue weighted by atomic mass is 9.52. The summed E-state index contributed by atoms with van der Waals surface area (Å²) in [6.07, 6.45) is 2.02. The van der Waals surface area contributed by atoms with E-state index >= 15 is 0 Å². The molecule has 0 aromatic rings. The number of hydrogen-bond acceptors (Lipinski definition) is 16. The third-order valence-corrected chi connectivity index (χ3v) is 18.1. The van der Waals surface area contributed by atoms with Crippen molar-refractivity contribution in [3.05, 3.63) is 0 Å². The summed E-state index contributed by atoms with van der Waals surface area (Å²) in [5.41, 5.74) is -0.414. The average Bonchev–Trinajstić information content (AvgIpc) is 3.80. The van der Waals surface area contributed by atoms with Gasteiger partial charge in [0.15, 0.2) is 30.9 Å². The Morgan fingerprint density at radius 1 is 0.554 bits per heavy atom. The fourth-order valence-corrected chi connectivity index (χ4v) is 14.3. The van der Waals surface area contributed by atoms with Crippen LogP contribution in [-0.2, 0) is 71.1 Å². The minimum Gasteiger partial charge on any atom is -0.388 e. The zero-order valence-corrected chi connectivity index (χ0v) is 40.8. The molecule has 2 bridgehead atoms. The Labute approximate surface area is 386 Å². The molecule has 1 spiro atoms. The van der Waals surface area contributed by atoms with Gasteiger partial charge in [0, 0.05) is 78.8 Å². The zero-order valence-electron chi connectivity index (χ0n) is 40.8. The van der Waals surface area contributed by atoms with E-state index in [9.17, 15) is 9.90 Å². The fraction of sp³-hybridized carbons (Fsp3) is 0.980. The third kappa shape index (κ3) is 8.96. The molecule has 0 amide bonds. The standard InChI is InChI=1S/C49H80O16/c1-24-31-12-13-37(50)48(31,7)38-23-36-47(6)16-15-30(18-29(47)14-17-49(36,64-24)65-38)60-39-20-33(53-9)44(26(3)57-39)62-41-22-35(55-11)46(28(5)59-41)63-42-21-34(54-10)45(27(4)58-42)61-40-19-32(52-8)43(51)25(2)56-40/h24-36,38-46,51H,12-23H2,1-11H3/t24-,25+,26+,27+,28+,29-,30-,31-,32+,33-,34+,35+,36+,38+,39-,40-,41-,42-,43+,44+,45+,46+,47-,48+,49-/m0/s1. The monoisotopic (exact) mass is 925 g/mol. The number of carbonyl (C=O) groups is 1. The van der Waals surface area contributed by atoms with Crippen molar-refractivity contribution < 1.29 is 76.2 Å². The Balaban J connectivity index is 0.763. The number of hydrogen-bond donors (Lipinski definition) is 1. The van der Waals surface area contributed by atoms with E-state index < -0.39 is 73.0 Å². The normalized spacial score (nSPS) is 54.7. The van der Waals surface area contributed by atoms with Gasteiger partial charge in [0.25, 0.3) is 0 Å². The topological polar surface area (TPSA) is 167 Å². The molecule has 16 nitrogen and oxygen atoms in total. The van der Waals surface area contributed by atoms with Crippen LogP contribution in [-0.4, -0.2) is 162 Å². The predicted octanol–water partition coefficient (Wildman–Crippen LogP) is 5.59. The van der Waals surface area contributed by atoms with E-state index in [0.717, 1.165) is 44.9 Å². The first-order valence-electron chi connectivity index (χ1n) is 25.0. The summed E-state index contributed by atoms with van der Waals surface area (Å²) in [7, 11) is 6.63. The van der Waals surface area contributed by atoms with Gasteiger partial charge in [-0.25, -0.2) is 0 Å². The van der Waals surface area contributed by atoms with Crippen LogP contribution in [0.3, 0.4) is 0 Å². The van der Waals surface area contributed by atoms with Crippen LogP contribution in [0.4, 0.5) is 0 Å². The largest absolute Gasteiger partial charge is 0.388 e. The minimum atomic E-state index is -0.730. The van der Waals surface area contributed by atoms with Crippen LogP contribution in [0, 0.1) is 28.6 Å². The van der Waals surface area contributed by atoms with Crippen molar-refractivity contribution in [2.75, 3.05) is 28.4 Å². The molecule has 0 radical (unpaired) electrons. The highest BCUT2D eigenvalue weighted by molar-refractivity contribution is 5.88. The molecule has 1 N–H and O–H groups in total. The number of Topliss-reactive ketones (excluding diaryl/α,β-unsaturated/α-hetero) is 1. The first-order valence-corrected chi connectivity index (χ1v) is 25.0. The molecule has 0 unspecified atom stereocenters. The maximum Gasteiger partial charge on any atom is 0.172 e. The smallest absolute Gasteiger partial charge is 0.172 e. The second-order valence-corrected chi connectivity index (χ2v) is 21.6. The number of ketones is 1. The molecule has 25 atom stereocenters. The summed E-state index contributed by atoms with van der Waals surface area (Å²) in [6, 6.07) is 0. The van der Waals surface area contributed by atoms with Crippen molar-refractivity contribution in [3.8, 4) is 0 Å². The van der Waals surface area contributed by atoms with Gasteiger partial charge in [-0.15, -0.1) is 0 Å². The molecule has 6 heterocycles. The number of methoxy groups -OCH3 is 4. The maximum atomic E-state index is 13.4. The first-order chi connectivity index (χ1) is 31.0. The van der Waals surface area contributed by atoms with Gasteiger partial charge in [0.05, 0.1) is 72.6 Å². The second-order valence-electron chi connectivity index (χ2n) is 21.6. The second kappa shape index (κ2) is 19.3. The molecule has 9 rings (SSSR count). The van der Waals surface area contributed by atoms with E-state index in [1.54, 1.807) is 28.4 Å². The molecule has 0 aromatic heterocycles. The number of aliphatic hydroxyl groups is 1. The highest BCUT2D eigenvalue weighted by Crippen LogP contribution is 2.67. The van der Waals surface area contributed by atoms with Crippen molar-refractivity contribution in [3.63, 3.8) is 0 Å². The summed E-state index contributed by atoms with van der Waals surface area (Å²) in [5, 5.41) is 10.4. The Hall–Kier alpha value is -0.930. The first kappa shape index (κ1) is 49.1. The van der Waals surface area contributed by atoms with Crippen molar-refractivity contribution in [1.82, 2.24) is 0 Å². The van der Waals surface area contributed by atoms with E-state index in [-0.39, 0.29) is 72.2 Å². The molecule has 16 heteroatoms. The van der Waals surface area contributed by atoms with Crippen LogP contribution in [0.15, 0.2) is 0 Å². The lowest BCUT2D eigenvalue weighted by Crippen LogP contribution is -2.58. The van der Waals surface area contributed by atoms with Gasteiger partial charge in [-0.2, -0.15) is 0 Å². The van der Waals surface area contributed by atoms with Crippen molar-refractivity contribution in [2.24, 2.45) is 28.6 Å². The highest BCUT2D eigenvalue weighted by Gasteiger charge is 2.70. The summed E-state index contributed by atoms with van der Waals surface area (Å²) in [6.45, 7) is 14.5. The number of aliphatic hydroxyl groups excluding tert-OH is 1. The third-order valence-electron chi connectivity index (χ3n) is 18.1. The van der Waals surface area contributed by atoms with Gasteiger partial charge in [-0.05, 0) is 91.4 Å². The van der Waals surface area contributed by atoms with E-state index in [2.05, 4.69) is 20.8 Å². The van der Waals surface area contributed by atoms with Gasteiger partial charge in [-0.3, -0.25) is 4.79 Å². The summed E-state index contributed by atoms with van der Waals surface area (Å²) in [5.74, 6) is 0.713. The van der Waals surface area contributed by atoms with Gasteiger partial charge in [-0.1, -0.05) is 6.92 Å².